The Morgan fingerprint density at radius 3 is 2.72 bits per heavy atom. The van der Waals surface area contributed by atoms with Crippen LogP contribution in [0.25, 0.3) is 0 Å². The summed E-state index contributed by atoms with van der Waals surface area (Å²) < 4.78 is 26.2. The number of aryl methyl sites for hydroxylation is 2. The number of carbonyl (C=O) groups excluding carboxylic acids is 1. The van der Waals surface area contributed by atoms with Gasteiger partial charge in [-0.1, -0.05) is 11.6 Å². The maximum absolute atomic E-state index is 13.1. The Balaban J connectivity index is 1.65. The largest absolute Gasteiger partial charge is 0.484 e. The molecule has 0 radical (unpaired) electrons. The van der Waals surface area contributed by atoms with E-state index in [2.05, 4.69) is 5.10 Å². The molecule has 0 spiro atoms. The van der Waals surface area contributed by atoms with Crippen molar-refractivity contribution in [2.45, 2.75) is 40.5 Å². The van der Waals surface area contributed by atoms with Gasteiger partial charge >= 0.3 is 0 Å². The van der Waals surface area contributed by atoms with Crippen LogP contribution in [0.2, 0.25) is 5.02 Å². The molecule has 0 N–H and O–H groups in total. The van der Waals surface area contributed by atoms with Crippen molar-refractivity contribution in [2.75, 3.05) is 7.05 Å². The average Bonchev–Trinajstić information content (AvgIpc) is 3.26. The minimum absolute atomic E-state index is 0.0732. The molecule has 0 saturated carbocycles. The van der Waals surface area contributed by atoms with Crippen molar-refractivity contribution in [1.29, 1.82) is 0 Å². The van der Waals surface area contributed by atoms with Crippen LogP contribution >= 0.6 is 11.6 Å². The van der Waals surface area contributed by atoms with Gasteiger partial charge in [-0.2, -0.15) is 5.10 Å². The normalized spacial score (nSPS) is 11.0. The molecule has 1 amide bonds. The number of rotatable bonds is 7. The Bertz CT molecular complexity index is 1030. The zero-order valence-corrected chi connectivity index (χ0v) is 17.6. The Labute approximate surface area is 173 Å². The molecule has 0 fully saturated rings. The van der Waals surface area contributed by atoms with E-state index in [1.807, 2.05) is 25.5 Å². The van der Waals surface area contributed by atoms with Gasteiger partial charge in [-0.3, -0.25) is 9.48 Å². The topological polar surface area (TPSA) is 60.5 Å². The lowest BCUT2D eigenvalue weighted by Gasteiger charge is -2.16. The fourth-order valence-corrected chi connectivity index (χ4v) is 3.30. The van der Waals surface area contributed by atoms with Crippen LogP contribution in [0.5, 0.6) is 5.75 Å². The highest BCUT2D eigenvalue weighted by atomic mass is 35.5. The molecule has 0 saturated heterocycles. The number of halogens is 2. The van der Waals surface area contributed by atoms with E-state index in [0.717, 1.165) is 23.5 Å². The number of hydrogen-bond donors (Lipinski definition) is 0. The van der Waals surface area contributed by atoms with Crippen LogP contribution in [0, 0.1) is 19.7 Å². The van der Waals surface area contributed by atoms with Crippen molar-refractivity contribution < 1.29 is 18.3 Å². The highest BCUT2D eigenvalue weighted by Gasteiger charge is 2.20. The number of hydrogen-bond acceptors (Lipinski definition) is 4. The monoisotopic (exact) mass is 419 g/mol. The highest BCUT2D eigenvalue weighted by molar-refractivity contribution is 6.32. The van der Waals surface area contributed by atoms with Crippen LogP contribution in [-0.4, -0.2) is 27.6 Å². The smallest absolute Gasteiger partial charge is 0.289 e. The van der Waals surface area contributed by atoms with E-state index in [4.69, 9.17) is 20.8 Å². The molecule has 8 heteroatoms. The summed E-state index contributed by atoms with van der Waals surface area (Å²) in [5.74, 6) is 0.349. The third-order valence-electron chi connectivity index (χ3n) is 4.71. The Morgan fingerprint density at radius 2 is 2.07 bits per heavy atom. The van der Waals surface area contributed by atoms with E-state index < -0.39 is 5.82 Å². The quantitative estimate of drug-likeness (QED) is 0.554. The number of amides is 1. The second kappa shape index (κ2) is 8.69. The number of benzene rings is 1. The molecule has 154 valence electrons. The maximum atomic E-state index is 13.1. The Morgan fingerprint density at radius 1 is 1.31 bits per heavy atom. The molecule has 0 aliphatic heterocycles. The van der Waals surface area contributed by atoms with Crippen LogP contribution in [0.15, 0.2) is 34.7 Å². The SMILES string of the molecule is CCn1nc(C)c(CN(C)C(=O)c2ccc(COc3ccc(F)cc3Cl)o2)c1C. The van der Waals surface area contributed by atoms with Gasteiger partial charge in [0.2, 0.25) is 0 Å². The second-order valence-corrected chi connectivity index (χ2v) is 7.16. The summed E-state index contributed by atoms with van der Waals surface area (Å²) in [7, 11) is 1.72. The van der Waals surface area contributed by atoms with Gasteiger partial charge in [0.1, 0.15) is 23.9 Å². The van der Waals surface area contributed by atoms with E-state index in [0.29, 0.717) is 18.1 Å². The first-order valence-electron chi connectivity index (χ1n) is 9.25. The highest BCUT2D eigenvalue weighted by Crippen LogP contribution is 2.26. The molecule has 0 unspecified atom stereocenters. The number of nitrogens with zero attached hydrogens (tertiary/aromatic N) is 3. The van der Waals surface area contributed by atoms with E-state index >= 15 is 0 Å². The molecular formula is C21H23ClFN3O3. The molecule has 0 aliphatic rings. The summed E-state index contributed by atoms with van der Waals surface area (Å²) in [5.41, 5.74) is 2.99. The van der Waals surface area contributed by atoms with Crippen LogP contribution in [0.3, 0.4) is 0 Å². The van der Waals surface area contributed by atoms with Crippen LogP contribution in [0.1, 0.15) is 40.2 Å². The van der Waals surface area contributed by atoms with Crippen LogP contribution in [-0.2, 0) is 19.7 Å². The van der Waals surface area contributed by atoms with Crippen molar-refractivity contribution in [3.8, 4) is 5.75 Å². The Kier molecular flexibility index (Phi) is 6.27. The fraction of sp³-hybridized carbons (Fsp3) is 0.333. The van der Waals surface area contributed by atoms with Gasteiger partial charge in [-0.15, -0.1) is 0 Å². The lowest BCUT2D eigenvalue weighted by Crippen LogP contribution is -2.26. The molecule has 1 aromatic carbocycles. The van der Waals surface area contributed by atoms with Gasteiger partial charge < -0.3 is 14.1 Å². The first-order chi connectivity index (χ1) is 13.8. The van der Waals surface area contributed by atoms with Gasteiger partial charge in [0.25, 0.3) is 5.91 Å². The molecule has 29 heavy (non-hydrogen) atoms. The molecule has 0 bridgehead atoms. The van der Waals surface area contributed by atoms with Gasteiger partial charge in [0.15, 0.2) is 5.76 Å². The van der Waals surface area contributed by atoms with Gasteiger partial charge in [-0.25, -0.2) is 4.39 Å². The van der Waals surface area contributed by atoms with Crippen molar-refractivity contribution in [3.63, 3.8) is 0 Å². The first kappa shape index (κ1) is 20.9. The summed E-state index contributed by atoms with van der Waals surface area (Å²) in [6.45, 7) is 7.27. The van der Waals surface area contributed by atoms with Crippen LogP contribution in [0.4, 0.5) is 4.39 Å². The molecular weight excluding hydrogens is 397 g/mol. The summed E-state index contributed by atoms with van der Waals surface area (Å²) in [6.07, 6.45) is 0. The van der Waals surface area contributed by atoms with Crippen molar-refractivity contribution >= 4 is 17.5 Å². The van der Waals surface area contributed by atoms with Crippen molar-refractivity contribution in [1.82, 2.24) is 14.7 Å². The van der Waals surface area contributed by atoms with Gasteiger partial charge in [0, 0.05) is 31.4 Å². The summed E-state index contributed by atoms with van der Waals surface area (Å²) in [4.78, 5) is 14.3. The molecule has 3 aromatic rings. The molecule has 6 nitrogen and oxygen atoms in total. The molecule has 0 atom stereocenters. The first-order valence-corrected chi connectivity index (χ1v) is 9.62. The Hall–Kier alpha value is -2.80. The number of ether oxygens (including phenoxy) is 1. The average molecular weight is 420 g/mol. The molecule has 3 rings (SSSR count). The third kappa shape index (κ3) is 4.62. The maximum Gasteiger partial charge on any atom is 0.289 e. The predicted octanol–water partition coefficient (Wildman–Crippen LogP) is 4.76. The van der Waals surface area contributed by atoms with Gasteiger partial charge in [0.05, 0.1) is 10.7 Å². The van der Waals surface area contributed by atoms with E-state index in [1.54, 1.807) is 24.1 Å². The van der Waals surface area contributed by atoms with Gasteiger partial charge in [-0.05, 0) is 51.1 Å². The predicted molar refractivity (Wildman–Crippen MR) is 108 cm³/mol. The second-order valence-electron chi connectivity index (χ2n) is 6.76. The van der Waals surface area contributed by atoms with Crippen molar-refractivity contribution in [2.24, 2.45) is 0 Å². The number of furan rings is 1. The lowest BCUT2D eigenvalue weighted by atomic mass is 10.2. The molecule has 0 aliphatic carbocycles. The van der Waals surface area contributed by atoms with Crippen molar-refractivity contribution in [3.05, 3.63) is 69.6 Å². The van der Waals surface area contributed by atoms with E-state index in [9.17, 15) is 9.18 Å². The molecule has 2 aromatic heterocycles. The van der Waals surface area contributed by atoms with E-state index in [-0.39, 0.29) is 23.3 Å². The summed E-state index contributed by atoms with van der Waals surface area (Å²) in [5, 5.41) is 4.66. The zero-order chi connectivity index (χ0) is 21.1. The number of aromatic nitrogens is 2. The molecule has 2 heterocycles. The van der Waals surface area contributed by atoms with Crippen LogP contribution < -0.4 is 4.74 Å². The summed E-state index contributed by atoms with van der Waals surface area (Å²) >= 11 is 5.94. The minimum Gasteiger partial charge on any atom is -0.484 e. The zero-order valence-electron chi connectivity index (χ0n) is 16.8. The van der Waals surface area contributed by atoms with E-state index in [1.165, 1.54) is 18.2 Å². The summed E-state index contributed by atoms with van der Waals surface area (Å²) in [6, 6.07) is 7.16. The fourth-order valence-electron chi connectivity index (χ4n) is 3.08. The minimum atomic E-state index is -0.439. The third-order valence-corrected chi connectivity index (χ3v) is 5.00. The number of carbonyl (C=O) groups is 1. The lowest BCUT2D eigenvalue weighted by molar-refractivity contribution is 0.0749. The standard InChI is InChI=1S/C21H23ClFN3O3/c1-5-26-14(3)17(13(2)24-26)11-25(4)21(27)20-9-7-16(29-20)12-28-19-8-6-15(23)10-18(19)22/h6-10H,5,11-12H2,1-4H3.